The third-order valence-electron chi connectivity index (χ3n) is 4.44. The topological polar surface area (TPSA) is 72.6 Å². The largest absolute Gasteiger partial charge is 0.482 e. The highest BCUT2D eigenvalue weighted by atomic mass is 32.1. The minimum Gasteiger partial charge on any atom is -0.482 e. The fourth-order valence-corrected chi connectivity index (χ4v) is 3.81. The van der Waals surface area contributed by atoms with Gasteiger partial charge in [-0.25, -0.2) is 0 Å². The number of rotatable bonds is 3. The Morgan fingerprint density at radius 2 is 1.96 bits per heavy atom. The molecule has 130 valence electrons. The van der Waals surface area contributed by atoms with Crippen LogP contribution in [0.4, 0.5) is 10.7 Å². The average molecular weight is 364 g/mol. The lowest BCUT2D eigenvalue weighted by Gasteiger charge is -2.26. The summed E-state index contributed by atoms with van der Waals surface area (Å²) < 4.78 is 5.42. The number of ether oxygens (including phenoxy) is 1. The average Bonchev–Trinajstić information content (AvgIpc) is 3.06. The molecule has 2 N–H and O–H groups in total. The van der Waals surface area contributed by atoms with Crippen LogP contribution < -0.4 is 15.4 Å². The van der Waals surface area contributed by atoms with Gasteiger partial charge in [0, 0.05) is 23.6 Å². The Morgan fingerprint density at radius 3 is 2.73 bits per heavy atom. The first-order valence-corrected chi connectivity index (χ1v) is 8.94. The van der Waals surface area contributed by atoms with Crippen LogP contribution in [0.2, 0.25) is 0 Å². The van der Waals surface area contributed by atoms with Gasteiger partial charge in [0.2, 0.25) is 0 Å². The lowest BCUT2D eigenvalue weighted by atomic mass is 9.96. The second-order valence-corrected chi connectivity index (χ2v) is 6.92. The number of nitrogens with zero attached hydrogens (tertiary/aromatic N) is 1. The number of carbonyl (C=O) groups is 2. The number of fused-ring (bicyclic) bond motifs is 1. The molecule has 1 aromatic heterocycles. The SMILES string of the molecule is CN1C(=O)COc2ccc(C(=O)c3c(-c4ccccc4)csc3N)cc21. The molecule has 0 atom stereocenters. The van der Waals surface area contributed by atoms with Gasteiger partial charge in [0.25, 0.3) is 5.91 Å². The van der Waals surface area contributed by atoms with Crippen molar-refractivity contribution in [2.45, 2.75) is 0 Å². The van der Waals surface area contributed by atoms with Crippen LogP contribution in [0.3, 0.4) is 0 Å². The van der Waals surface area contributed by atoms with Crippen molar-refractivity contribution in [3.8, 4) is 16.9 Å². The molecular weight excluding hydrogens is 348 g/mol. The summed E-state index contributed by atoms with van der Waals surface area (Å²) in [5.74, 6) is 0.268. The molecule has 3 aromatic rings. The molecule has 0 radical (unpaired) electrons. The van der Waals surface area contributed by atoms with E-state index in [4.69, 9.17) is 10.5 Å². The molecule has 2 heterocycles. The summed E-state index contributed by atoms with van der Waals surface area (Å²) in [5, 5.41) is 2.38. The lowest BCUT2D eigenvalue weighted by Crippen LogP contribution is -2.35. The summed E-state index contributed by atoms with van der Waals surface area (Å²) in [7, 11) is 1.67. The van der Waals surface area contributed by atoms with E-state index in [2.05, 4.69) is 0 Å². The van der Waals surface area contributed by atoms with Gasteiger partial charge >= 0.3 is 0 Å². The second-order valence-electron chi connectivity index (χ2n) is 6.01. The van der Waals surface area contributed by atoms with Crippen molar-refractivity contribution in [1.29, 1.82) is 0 Å². The molecule has 0 bridgehead atoms. The van der Waals surface area contributed by atoms with Crippen molar-refractivity contribution in [3.63, 3.8) is 0 Å². The van der Waals surface area contributed by atoms with Crippen LogP contribution in [0.15, 0.2) is 53.9 Å². The quantitative estimate of drug-likeness (QED) is 0.721. The molecule has 1 aliphatic rings. The number of hydrogen-bond donors (Lipinski definition) is 1. The standard InChI is InChI=1S/C20H16N2O3S/c1-22-15-9-13(7-8-16(15)25-10-17(22)23)19(24)18-14(11-26-20(18)21)12-5-3-2-4-6-12/h2-9,11H,10,21H2,1H3. The van der Waals surface area contributed by atoms with Gasteiger partial charge in [-0.05, 0) is 23.8 Å². The first-order valence-electron chi connectivity index (χ1n) is 8.06. The lowest BCUT2D eigenvalue weighted by molar-refractivity contribution is -0.120. The zero-order valence-electron chi connectivity index (χ0n) is 14.1. The van der Waals surface area contributed by atoms with E-state index < -0.39 is 0 Å². The summed E-state index contributed by atoms with van der Waals surface area (Å²) in [4.78, 5) is 26.5. The molecule has 0 spiro atoms. The molecule has 6 heteroatoms. The smallest absolute Gasteiger partial charge is 0.264 e. The summed E-state index contributed by atoms with van der Waals surface area (Å²) in [6.07, 6.45) is 0. The Bertz CT molecular complexity index is 1010. The van der Waals surface area contributed by atoms with Crippen molar-refractivity contribution in [3.05, 3.63) is 65.0 Å². The van der Waals surface area contributed by atoms with E-state index >= 15 is 0 Å². The Balaban J connectivity index is 1.78. The molecule has 0 fully saturated rings. The van der Waals surface area contributed by atoms with Gasteiger partial charge in [-0.1, -0.05) is 30.3 Å². The molecule has 2 aromatic carbocycles. The van der Waals surface area contributed by atoms with Crippen LogP contribution >= 0.6 is 11.3 Å². The van der Waals surface area contributed by atoms with Gasteiger partial charge in [-0.15, -0.1) is 11.3 Å². The Labute approximate surface area is 154 Å². The highest BCUT2D eigenvalue weighted by molar-refractivity contribution is 7.15. The van der Waals surface area contributed by atoms with Crippen LogP contribution in [-0.2, 0) is 4.79 Å². The minimum absolute atomic E-state index is 0.00638. The number of benzene rings is 2. The van der Waals surface area contributed by atoms with Crippen molar-refractivity contribution < 1.29 is 14.3 Å². The molecule has 26 heavy (non-hydrogen) atoms. The zero-order valence-corrected chi connectivity index (χ0v) is 14.9. The molecule has 5 nitrogen and oxygen atoms in total. The number of ketones is 1. The maximum atomic E-state index is 13.2. The zero-order chi connectivity index (χ0) is 18.3. The third kappa shape index (κ3) is 2.64. The van der Waals surface area contributed by atoms with E-state index in [1.807, 2.05) is 35.7 Å². The normalized spacial score (nSPS) is 13.3. The molecule has 0 aliphatic carbocycles. The van der Waals surface area contributed by atoms with Crippen LogP contribution in [-0.4, -0.2) is 25.3 Å². The molecule has 0 unspecified atom stereocenters. The molecular formula is C20H16N2O3S. The fraction of sp³-hybridized carbons (Fsp3) is 0.100. The van der Waals surface area contributed by atoms with Gasteiger partial charge < -0.3 is 15.4 Å². The molecule has 1 amide bonds. The van der Waals surface area contributed by atoms with Crippen LogP contribution in [0.1, 0.15) is 15.9 Å². The van der Waals surface area contributed by atoms with Crippen molar-refractivity contribution in [2.75, 3.05) is 24.3 Å². The first kappa shape index (κ1) is 16.4. The summed E-state index contributed by atoms with van der Waals surface area (Å²) in [5.41, 5.74) is 9.42. The summed E-state index contributed by atoms with van der Waals surface area (Å²) in [6.45, 7) is 0.00638. The van der Waals surface area contributed by atoms with E-state index in [1.165, 1.54) is 16.2 Å². The maximum absolute atomic E-state index is 13.2. The van der Waals surface area contributed by atoms with Crippen molar-refractivity contribution >= 4 is 33.7 Å². The molecule has 4 rings (SSSR count). The van der Waals surface area contributed by atoms with Gasteiger partial charge in [0.1, 0.15) is 5.75 Å². The van der Waals surface area contributed by atoms with E-state index in [1.54, 1.807) is 25.2 Å². The number of likely N-dealkylation sites (N-methyl/N-ethyl adjacent to an activating group) is 1. The highest BCUT2D eigenvalue weighted by Gasteiger charge is 2.25. The van der Waals surface area contributed by atoms with Gasteiger partial charge in [0.05, 0.1) is 16.3 Å². The number of anilines is 2. The molecule has 0 saturated carbocycles. The van der Waals surface area contributed by atoms with Crippen molar-refractivity contribution in [1.82, 2.24) is 0 Å². The van der Waals surface area contributed by atoms with E-state index in [9.17, 15) is 9.59 Å². The Hall–Kier alpha value is -3.12. The summed E-state index contributed by atoms with van der Waals surface area (Å²) in [6, 6.07) is 14.8. The first-order chi connectivity index (χ1) is 12.6. The van der Waals surface area contributed by atoms with Crippen LogP contribution in [0.25, 0.3) is 11.1 Å². The second kappa shape index (κ2) is 6.31. The fourth-order valence-electron chi connectivity index (χ4n) is 3.00. The molecule has 1 aliphatic heterocycles. The van der Waals surface area contributed by atoms with E-state index in [0.29, 0.717) is 27.6 Å². The van der Waals surface area contributed by atoms with Gasteiger partial charge in [-0.2, -0.15) is 0 Å². The van der Waals surface area contributed by atoms with Gasteiger partial charge in [-0.3, -0.25) is 9.59 Å². The number of thiophene rings is 1. The number of hydrogen-bond acceptors (Lipinski definition) is 5. The Kier molecular flexibility index (Phi) is 3.97. The number of amides is 1. The van der Waals surface area contributed by atoms with Crippen LogP contribution in [0, 0.1) is 0 Å². The van der Waals surface area contributed by atoms with Crippen LogP contribution in [0.5, 0.6) is 5.75 Å². The number of nitrogens with two attached hydrogens (primary N) is 1. The summed E-state index contributed by atoms with van der Waals surface area (Å²) >= 11 is 1.35. The predicted molar refractivity (Wildman–Crippen MR) is 103 cm³/mol. The maximum Gasteiger partial charge on any atom is 0.264 e. The number of nitrogen functional groups attached to an aromatic ring is 1. The predicted octanol–water partition coefficient (Wildman–Crippen LogP) is 3.58. The third-order valence-corrected chi connectivity index (χ3v) is 5.25. The van der Waals surface area contributed by atoms with E-state index in [0.717, 1.165) is 11.1 Å². The van der Waals surface area contributed by atoms with Gasteiger partial charge in [0.15, 0.2) is 12.4 Å². The minimum atomic E-state index is -0.170. The monoisotopic (exact) mass is 364 g/mol. The number of carbonyl (C=O) groups excluding carboxylic acids is 2. The highest BCUT2D eigenvalue weighted by Crippen LogP contribution is 2.37. The Morgan fingerprint density at radius 1 is 1.19 bits per heavy atom. The molecule has 0 saturated heterocycles. The van der Waals surface area contributed by atoms with E-state index in [-0.39, 0.29) is 18.3 Å². The van der Waals surface area contributed by atoms with Crippen molar-refractivity contribution in [2.24, 2.45) is 0 Å².